The van der Waals surface area contributed by atoms with Crippen molar-refractivity contribution in [2.75, 3.05) is 13.2 Å². The molecule has 4 nitrogen and oxygen atoms in total. The number of hydrogen-bond donors (Lipinski definition) is 0. The van der Waals surface area contributed by atoms with Gasteiger partial charge in [-0.05, 0) is 68.8 Å². The second kappa shape index (κ2) is 10.0. The van der Waals surface area contributed by atoms with Crippen LogP contribution in [0.2, 0.25) is 0 Å². The molecule has 0 unspecified atom stereocenters. The summed E-state index contributed by atoms with van der Waals surface area (Å²) in [5.74, 6) is -1.04. The molecule has 194 valence electrons. The van der Waals surface area contributed by atoms with Gasteiger partial charge in [0.05, 0.1) is 13.2 Å². The van der Waals surface area contributed by atoms with E-state index in [-0.39, 0.29) is 26.1 Å². The Morgan fingerprint density at radius 1 is 0.615 bits per heavy atom. The predicted molar refractivity (Wildman–Crippen MR) is 155 cm³/mol. The molecule has 0 aliphatic heterocycles. The minimum atomic E-state index is -1.44. The number of carbonyl (C=O) groups is 2. The molecule has 0 N–H and O–H groups in total. The highest BCUT2D eigenvalue weighted by Crippen LogP contribution is 2.52. The summed E-state index contributed by atoms with van der Waals surface area (Å²) in [6.07, 6.45) is 0.454. The van der Waals surface area contributed by atoms with Gasteiger partial charge < -0.3 is 9.47 Å². The van der Waals surface area contributed by atoms with Gasteiger partial charge in [0, 0.05) is 12.8 Å². The van der Waals surface area contributed by atoms with Crippen LogP contribution in [0.25, 0.3) is 43.8 Å². The van der Waals surface area contributed by atoms with Gasteiger partial charge in [0.1, 0.15) is 0 Å². The van der Waals surface area contributed by atoms with E-state index in [0.717, 1.165) is 54.9 Å². The Balaban J connectivity index is 1.78. The zero-order valence-corrected chi connectivity index (χ0v) is 22.2. The summed E-state index contributed by atoms with van der Waals surface area (Å²) in [7, 11) is 0. The topological polar surface area (TPSA) is 52.6 Å². The number of esters is 2. The maximum Gasteiger partial charge on any atom is 0.324 e. The van der Waals surface area contributed by atoms with Gasteiger partial charge in [-0.3, -0.25) is 9.59 Å². The van der Waals surface area contributed by atoms with Crippen molar-refractivity contribution in [3.63, 3.8) is 0 Å². The molecular weight excluding hydrogens is 484 g/mol. The lowest BCUT2D eigenvalue weighted by Crippen LogP contribution is -2.43. The molecule has 0 aromatic heterocycles. The van der Waals surface area contributed by atoms with Crippen molar-refractivity contribution < 1.29 is 19.1 Å². The molecular formula is C35H30O4. The Kier molecular flexibility index (Phi) is 6.40. The van der Waals surface area contributed by atoms with Crippen LogP contribution in [-0.4, -0.2) is 25.2 Å². The SMILES string of the molecule is CCOC(=O)C1(C(=O)OCC)Cc2c(c(-c3ccccc3)c3c(ccc4ccccc43)c2-c2ccccc2)C1. The van der Waals surface area contributed by atoms with Gasteiger partial charge in [-0.2, -0.15) is 0 Å². The fourth-order valence-electron chi connectivity index (χ4n) is 6.19. The van der Waals surface area contributed by atoms with Gasteiger partial charge in [-0.25, -0.2) is 0 Å². The van der Waals surface area contributed by atoms with E-state index in [4.69, 9.17) is 9.47 Å². The van der Waals surface area contributed by atoms with Gasteiger partial charge >= 0.3 is 11.9 Å². The summed E-state index contributed by atoms with van der Waals surface area (Å²) in [6, 6.07) is 33.3. The van der Waals surface area contributed by atoms with Crippen molar-refractivity contribution in [3.05, 3.63) is 108 Å². The van der Waals surface area contributed by atoms with Crippen molar-refractivity contribution in [2.45, 2.75) is 26.7 Å². The van der Waals surface area contributed by atoms with Crippen LogP contribution in [-0.2, 0) is 31.9 Å². The number of ether oxygens (including phenoxy) is 2. The van der Waals surface area contributed by atoms with Gasteiger partial charge in [-0.1, -0.05) is 97.1 Å². The molecule has 0 bridgehead atoms. The fourth-order valence-corrected chi connectivity index (χ4v) is 6.19. The van der Waals surface area contributed by atoms with Crippen molar-refractivity contribution >= 4 is 33.5 Å². The first-order valence-electron chi connectivity index (χ1n) is 13.5. The van der Waals surface area contributed by atoms with Gasteiger partial charge in [0.15, 0.2) is 5.41 Å². The summed E-state index contributed by atoms with van der Waals surface area (Å²) >= 11 is 0. The lowest BCUT2D eigenvalue weighted by molar-refractivity contribution is -0.171. The molecule has 0 spiro atoms. The monoisotopic (exact) mass is 514 g/mol. The van der Waals surface area contributed by atoms with Crippen molar-refractivity contribution in [1.29, 1.82) is 0 Å². The lowest BCUT2D eigenvalue weighted by atomic mass is 9.83. The first-order chi connectivity index (χ1) is 19.1. The van der Waals surface area contributed by atoms with Crippen LogP contribution < -0.4 is 0 Å². The third-order valence-electron chi connectivity index (χ3n) is 7.83. The molecule has 0 fully saturated rings. The standard InChI is InChI=1S/C35H30O4/c1-3-38-33(36)35(34(37)39-4-2)21-28-29(22-35)31(25-16-9-6-10-17-25)32-26-18-12-11-13-23(26)19-20-27(32)30(28)24-14-7-5-8-15-24/h5-20H,3-4,21-22H2,1-2H3. The maximum absolute atomic E-state index is 13.6. The zero-order chi connectivity index (χ0) is 27.0. The van der Waals surface area contributed by atoms with E-state index in [2.05, 4.69) is 54.6 Å². The molecule has 5 aromatic carbocycles. The van der Waals surface area contributed by atoms with E-state index in [1.807, 2.05) is 42.5 Å². The molecule has 0 atom stereocenters. The number of benzene rings is 5. The minimum absolute atomic E-state index is 0.194. The van der Waals surface area contributed by atoms with Crippen LogP contribution in [0.4, 0.5) is 0 Å². The van der Waals surface area contributed by atoms with E-state index in [1.165, 1.54) is 0 Å². The van der Waals surface area contributed by atoms with Crippen LogP contribution in [0.3, 0.4) is 0 Å². The normalized spacial score (nSPS) is 13.8. The summed E-state index contributed by atoms with van der Waals surface area (Å²) in [4.78, 5) is 27.3. The molecule has 4 heteroatoms. The summed E-state index contributed by atoms with van der Waals surface area (Å²) in [6.45, 7) is 3.92. The smallest absolute Gasteiger partial charge is 0.324 e. The van der Waals surface area contributed by atoms with E-state index >= 15 is 0 Å². The largest absolute Gasteiger partial charge is 0.465 e. The number of fused-ring (bicyclic) bond motifs is 4. The third-order valence-corrected chi connectivity index (χ3v) is 7.83. The summed E-state index contributed by atoms with van der Waals surface area (Å²) in [5, 5.41) is 4.50. The predicted octanol–water partition coefficient (Wildman–Crippen LogP) is 7.54. The first-order valence-corrected chi connectivity index (χ1v) is 13.5. The highest BCUT2D eigenvalue weighted by molar-refractivity contribution is 6.20. The quantitative estimate of drug-likeness (QED) is 0.133. The Hall–Kier alpha value is -4.44. The van der Waals surface area contributed by atoms with E-state index < -0.39 is 17.4 Å². The number of rotatable bonds is 6. The second-order valence-corrected chi connectivity index (χ2v) is 10.0. The van der Waals surface area contributed by atoms with Crippen LogP contribution in [0, 0.1) is 5.41 Å². The lowest BCUT2D eigenvalue weighted by Gasteiger charge is -2.24. The van der Waals surface area contributed by atoms with Gasteiger partial charge in [0.2, 0.25) is 0 Å². The molecule has 6 rings (SSSR count). The molecule has 1 aliphatic carbocycles. The van der Waals surface area contributed by atoms with Crippen LogP contribution >= 0.6 is 0 Å². The highest BCUT2D eigenvalue weighted by atomic mass is 16.6. The Morgan fingerprint density at radius 2 is 1.13 bits per heavy atom. The molecule has 0 heterocycles. The molecule has 39 heavy (non-hydrogen) atoms. The number of carbonyl (C=O) groups excluding carboxylic acids is 2. The first kappa shape index (κ1) is 24.9. The van der Waals surface area contributed by atoms with Crippen LogP contribution in [0.1, 0.15) is 25.0 Å². The Bertz CT molecular complexity index is 1690. The van der Waals surface area contributed by atoms with Crippen molar-refractivity contribution in [1.82, 2.24) is 0 Å². The van der Waals surface area contributed by atoms with Crippen LogP contribution in [0.15, 0.2) is 97.1 Å². The second-order valence-electron chi connectivity index (χ2n) is 10.0. The summed E-state index contributed by atoms with van der Waals surface area (Å²) < 4.78 is 11.1. The highest BCUT2D eigenvalue weighted by Gasteiger charge is 2.54. The zero-order valence-electron chi connectivity index (χ0n) is 22.2. The van der Waals surface area contributed by atoms with E-state index in [9.17, 15) is 9.59 Å². The third kappa shape index (κ3) is 3.99. The Morgan fingerprint density at radius 3 is 1.72 bits per heavy atom. The fraction of sp³-hybridized carbons (Fsp3) is 0.200. The van der Waals surface area contributed by atoms with E-state index in [1.54, 1.807) is 13.8 Å². The molecule has 5 aromatic rings. The molecule has 0 amide bonds. The van der Waals surface area contributed by atoms with Gasteiger partial charge in [0.25, 0.3) is 0 Å². The minimum Gasteiger partial charge on any atom is -0.465 e. The van der Waals surface area contributed by atoms with Crippen molar-refractivity contribution in [2.24, 2.45) is 5.41 Å². The van der Waals surface area contributed by atoms with Crippen LogP contribution in [0.5, 0.6) is 0 Å². The molecule has 0 radical (unpaired) electrons. The molecule has 0 saturated carbocycles. The average molecular weight is 515 g/mol. The number of hydrogen-bond acceptors (Lipinski definition) is 4. The van der Waals surface area contributed by atoms with E-state index in [0.29, 0.717) is 0 Å². The summed E-state index contributed by atoms with van der Waals surface area (Å²) in [5.41, 5.74) is 4.80. The molecule has 0 saturated heterocycles. The maximum atomic E-state index is 13.6. The average Bonchev–Trinajstić information content (AvgIpc) is 3.38. The van der Waals surface area contributed by atoms with Gasteiger partial charge in [-0.15, -0.1) is 0 Å². The molecule has 1 aliphatic rings. The Labute approximate surface area is 228 Å². The van der Waals surface area contributed by atoms with Crippen molar-refractivity contribution in [3.8, 4) is 22.3 Å².